The molecule has 0 saturated carbocycles. The van der Waals surface area contributed by atoms with E-state index in [2.05, 4.69) is 15.3 Å². The van der Waals surface area contributed by atoms with Gasteiger partial charge in [0, 0.05) is 17.7 Å². The van der Waals surface area contributed by atoms with E-state index in [1.54, 1.807) is 22.1 Å². The summed E-state index contributed by atoms with van der Waals surface area (Å²) in [6, 6.07) is 3.91. The maximum atomic E-state index is 12.1. The summed E-state index contributed by atoms with van der Waals surface area (Å²) >= 11 is 4.22. The third kappa shape index (κ3) is 3.07. The Hall–Kier alpha value is -1.90. The Morgan fingerprint density at radius 3 is 2.57 bits per heavy atom. The number of carbonyl (C=O) groups excluding carboxylic acids is 2. The first-order valence-electron chi connectivity index (χ1n) is 5.90. The van der Waals surface area contributed by atoms with Crippen LogP contribution in [0.1, 0.15) is 27.9 Å². The van der Waals surface area contributed by atoms with Gasteiger partial charge in [-0.25, -0.2) is 9.97 Å². The Bertz CT molecular complexity index is 789. The number of hydrogen-bond acceptors (Lipinski definition) is 7. The van der Waals surface area contributed by atoms with Gasteiger partial charge in [-0.2, -0.15) is 0 Å². The van der Waals surface area contributed by atoms with Gasteiger partial charge in [0.25, 0.3) is 5.91 Å². The van der Waals surface area contributed by atoms with Crippen LogP contribution in [0.15, 0.2) is 28.3 Å². The molecule has 106 valence electrons. The molecule has 1 amide bonds. The van der Waals surface area contributed by atoms with E-state index in [9.17, 15) is 9.59 Å². The highest BCUT2D eigenvalue weighted by Crippen LogP contribution is 2.28. The number of rotatable bonds is 4. The predicted molar refractivity (Wildman–Crippen MR) is 85.5 cm³/mol. The van der Waals surface area contributed by atoms with E-state index in [0.29, 0.717) is 16.5 Å². The molecule has 3 aromatic rings. The highest BCUT2D eigenvalue weighted by atomic mass is 32.1. The van der Waals surface area contributed by atoms with Crippen LogP contribution >= 0.6 is 34.0 Å². The maximum Gasteiger partial charge on any atom is 0.276 e. The number of nitrogens with one attached hydrogen (secondary N) is 1. The fourth-order valence-corrected chi connectivity index (χ4v) is 3.90. The Kier molecular flexibility index (Phi) is 3.91. The van der Waals surface area contributed by atoms with Crippen molar-refractivity contribution >= 4 is 50.8 Å². The zero-order chi connectivity index (χ0) is 14.8. The Balaban J connectivity index is 1.74. The summed E-state index contributed by atoms with van der Waals surface area (Å²) in [6.45, 7) is 1.44. The van der Waals surface area contributed by atoms with E-state index in [-0.39, 0.29) is 11.7 Å². The van der Waals surface area contributed by atoms with Crippen molar-refractivity contribution in [2.75, 3.05) is 5.32 Å². The molecule has 21 heavy (non-hydrogen) atoms. The van der Waals surface area contributed by atoms with Gasteiger partial charge in [0.1, 0.15) is 16.4 Å². The van der Waals surface area contributed by atoms with Gasteiger partial charge in [-0.15, -0.1) is 34.0 Å². The summed E-state index contributed by atoms with van der Waals surface area (Å²) in [5, 5.41) is 9.17. The Morgan fingerprint density at radius 2 is 1.90 bits per heavy atom. The lowest BCUT2D eigenvalue weighted by Gasteiger charge is -1.97. The van der Waals surface area contributed by atoms with Crippen LogP contribution in [0.5, 0.6) is 0 Å². The normalized spacial score (nSPS) is 10.5. The van der Waals surface area contributed by atoms with Crippen LogP contribution in [0.2, 0.25) is 0 Å². The molecule has 0 aliphatic carbocycles. The van der Waals surface area contributed by atoms with E-state index < -0.39 is 0 Å². The highest BCUT2D eigenvalue weighted by Gasteiger charge is 2.14. The lowest BCUT2D eigenvalue weighted by Crippen LogP contribution is -2.12. The second kappa shape index (κ2) is 5.84. The topological polar surface area (TPSA) is 72.0 Å². The third-order valence-corrected chi connectivity index (χ3v) is 5.19. The number of aromatic nitrogens is 2. The molecule has 0 radical (unpaired) electrons. The van der Waals surface area contributed by atoms with Gasteiger partial charge in [-0.1, -0.05) is 6.07 Å². The van der Waals surface area contributed by atoms with Crippen LogP contribution in [0.25, 0.3) is 9.88 Å². The molecule has 0 atom stereocenters. The van der Waals surface area contributed by atoms with Crippen LogP contribution in [-0.4, -0.2) is 21.7 Å². The molecule has 1 N–H and O–H groups in total. The molecule has 0 aromatic carbocycles. The van der Waals surface area contributed by atoms with Crippen LogP contribution in [0.3, 0.4) is 0 Å². The lowest BCUT2D eigenvalue weighted by atomic mass is 10.4. The molecule has 3 heterocycles. The molecule has 0 spiro atoms. The summed E-state index contributed by atoms with van der Waals surface area (Å²) in [4.78, 5) is 32.7. The first kappa shape index (κ1) is 14.1. The van der Waals surface area contributed by atoms with Crippen LogP contribution < -0.4 is 5.32 Å². The molecule has 0 unspecified atom stereocenters. The molecule has 0 aliphatic heterocycles. The maximum absolute atomic E-state index is 12.1. The zero-order valence-electron chi connectivity index (χ0n) is 10.8. The van der Waals surface area contributed by atoms with Crippen molar-refractivity contribution in [3.05, 3.63) is 39.7 Å². The van der Waals surface area contributed by atoms with Gasteiger partial charge in [-0.05, 0) is 11.4 Å². The number of nitrogens with zero attached hydrogens (tertiary/aromatic N) is 2. The van der Waals surface area contributed by atoms with Crippen molar-refractivity contribution in [3.8, 4) is 9.88 Å². The monoisotopic (exact) mass is 335 g/mol. The number of ketones is 1. The average molecular weight is 335 g/mol. The Labute approximate surface area is 132 Å². The van der Waals surface area contributed by atoms with Gasteiger partial charge < -0.3 is 0 Å². The minimum atomic E-state index is -0.321. The first-order valence-corrected chi connectivity index (χ1v) is 8.54. The number of Topliss-reactive ketones (excluding diaryl/α,β-unsaturated/α-hetero) is 1. The molecule has 3 aromatic heterocycles. The van der Waals surface area contributed by atoms with Crippen LogP contribution in [-0.2, 0) is 0 Å². The highest BCUT2D eigenvalue weighted by molar-refractivity contribution is 7.20. The summed E-state index contributed by atoms with van der Waals surface area (Å²) < 4.78 is 0. The summed E-state index contributed by atoms with van der Waals surface area (Å²) in [5.41, 5.74) is 0.704. The molecular formula is C13H9N3O2S3. The average Bonchev–Trinajstić information content (AvgIpc) is 3.19. The van der Waals surface area contributed by atoms with Crippen molar-refractivity contribution in [1.29, 1.82) is 0 Å². The fraction of sp³-hybridized carbons (Fsp3) is 0.0769. The van der Waals surface area contributed by atoms with Crippen molar-refractivity contribution in [1.82, 2.24) is 9.97 Å². The minimum absolute atomic E-state index is 0.125. The van der Waals surface area contributed by atoms with E-state index >= 15 is 0 Å². The lowest BCUT2D eigenvalue weighted by molar-refractivity contribution is 0.100. The largest absolute Gasteiger partial charge is 0.296 e. The minimum Gasteiger partial charge on any atom is -0.296 e. The quantitative estimate of drug-likeness (QED) is 0.736. The zero-order valence-corrected chi connectivity index (χ0v) is 13.3. The van der Waals surface area contributed by atoms with Crippen LogP contribution in [0.4, 0.5) is 5.13 Å². The number of thiophene rings is 1. The number of anilines is 1. The van der Waals surface area contributed by atoms with Crippen molar-refractivity contribution < 1.29 is 9.59 Å². The van der Waals surface area contributed by atoms with Crippen molar-refractivity contribution in [3.63, 3.8) is 0 Å². The van der Waals surface area contributed by atoms with E-state index in [1.165, 1.54) is 29.6 Å². The van der Waals surface area contributed by atoms with E-state index in [0.717, 1.165) is 9.88 Å². The standard InChI is InChI=1S/C13H9N3O2S3/c1-7(17)8-5-21-13(15-8)16-11(18)9-6-20-12(14-9)10-3-2-4-19-10/h2-6H,1H3,(H,15,16,18). The van der Waals surface area contributed by atoms with Crippen LogP contribution in [0, 0.1) is 0 Å². The molecule has 3 rings (SSSR count). The smallest absolute Gasteiger partial charge is 0.276 e. The number of carbonyl (C=O) groups is 2. The van der Waals surface area contributed by atoms with Gasteiger partial charge in [0.15, 0.2) is 10.9 Å². The number of thiazole rings is 2. The van der Waals surface area contributed by atoms with Gasteiger partial charge in [0.05, 0.1) is 4.88 Å². The molecule has 0 bridgehead atoms. The van der Waals surface area contributed by atoms with Gasteiger partial charge in [0.2, 0.25) is 0 Å². The summed E-state index contributed by atoms with van der Waals surface area (Å²) in [5.74, 6) is -0.445. The predicted octanol–water partition coefficient (Wildman–Crippen LogP) is 3.78. The molecule has 0 saturated heterocycles. The molecule has 0 aliphatic rings. The third-order valence-electron chi connectivity index (χ3n) is 2.55. The second-order valence-electron chi connectivity index (χ2n) is 4.06. The first-order chi connectivity index (χ1) is 10.1. The molecule has 5 nitrogen and oxygen atoms in total. The summed E-state index contributed by atoms with van der Waals surface area (Å²) in [6.07, 6.45) is 0. The molecular weight excluding hydrogens is 326 g/mol. The number of amides is 1. The fourth-order valence-electron chi connectivity index (χ4n) is 1.55. The molecule has 0 fully saturated rings. The van der Waals surface area contributed by atoms with E-state index in [1.807, 2.05) is 17.5 Å². The van der Waals surface area contributed by atoms with E-state index in [4.69, 9.17) is 0 Å². The SMILES string of the molecule is CC(=O)c1csc(NC(=O)c2csc(-c3cccs3)n2)n1. The Morgan fingerprint density at radius 1 is 1.10 bits per heavy atom. The van der Waals surface area contributed by atoms with Crippen molar-refractivity contribution in [2.24, 2.45) is 0 Å². The number of hydrogen-bond donors (Lipinski definition) is 1. The van der Waals surface area contributed by atoms with Crippen molar-refractivity contribution in [2.45, 2.75) is 6.92 Å². The second-order valence-corrected chi connectivity index (χ2v) is 6.73. The van der Waals surface area contributed by atoms with Gasteiger partial charge in [-0.3, -0.25) is 14.9 Å². The van der Waals surface area contributed by atoms with Gasteiger partial charge >= 0.3 is 0 Å². The molecule has 8 heteroatoms. The summed E-state index contributed by atoms with van der Waals surface area (Å²) in [7, 11) is 0.